The molecule has 1 aliphatic heterocycles. The summed E-state index contributed by atoms with van der Waals surface area (Å²) in [6, 6.07) is 4.55. The van der Waals surface area contributed by atoms with Gasteiger partial charge in [-0.25, -0.2) is 0 Å². The quantitative estimate of drug-likeness (QED) is 0.764. The lowest BCUT2D eigenvalue weighted by Crippen LogP contribution is -2.38. The van der Waals surface area contributed by atoms with Crippen LogP contribution in [0.3, 0.4) is 0 Å². The normalized spacial score (nSPS) is 16.0. The Hall–Kier alpha value is -2.09. The molecule has 102 valence electrons. The molecule has 7 nitrogen and oxygen atoms in total. The van der Waals surface area contributed by atoms with Crippen molar-refractivity contribution in [2.24, 2.45) is 4.40 Å². The van der Waals surface area contributed by atoms with Gasteiger partial charge in [0, 0.05) is 14.1 Å². The minimum atomic E-state index is -3.73. The van der Waals surface area contributed by atoms with Crippen LogP contribution in [0.25, 0.3) is 0 Å². The highest BCUT2D eigenvalue weighted by Crippen LogP contribution is 2.34. The van der Waals surface area contributed by atoms with E-state index in [2.05, 4.69) is 4.40 Å². The van der Waals surface area contributed by atoms with Gasteiger partial charge < -0.3 is 15.5 Å². The molecule has 0 aliphatic carbocycles. The van der Waals surface area contributed by atoms with Crippen molar-refractivity contribution >= 4 is 33.6 Å². The monoisotopic (exact) mass is 282 g/mol. The van der Waals surface area contributed by atoms with Gasteiger partial charge in [-0.05, 0) is 12.1 Å². The fraction of sp³-hybridized carbons (Fsp3) is 0.273. The third kappa shape index (κ3) is 2.39. The van der Waals surface area contributed by atoms with E-state index in [1.54, 1.807) is 26.2 Å². The van der Waals surface area contributed by atoms with Gasteiger partial charge in [0.25, 0.3) is 10.0 Å². The number of sulfonamides is 1. The summed E-state index contributed by atoms with van der Waals surface area (Å²) in [5.41, 5.74) is 6.40. The lowest BCUT2D eigenvalue weighted by Gasteiger charge is -2.26. The van der Waals surface area contributed by atoms with Crippen LogP contribution in [-0.2, 0) is 14.8 Å². The van der Waals surface area contributed by atoms with Gasteiger partial charge in [0.05, 0.1) is 11.4 Å². The number of para-hydroxylation sites is 1. The molecule has 0 spiro atoms. The predicted octanol–water partition coefficient (Wildman–Crippen LogP) is -0.106. The number of amides is 1. The van der Waals surface area contributed by atoms with E-state index in [1.165, 1.54) is 15.9 Å². The van der Waals surface area contributed by atoms with Gasteiger partial charge in [-0.1, -0.05) is 6.07 Å². The smallest absolute Gasteiger partial charge is 0.285 e. The van der Waals surface area contributed by atoms with Crippen molar-refractivity contribution in [2.45, 2.75) is 4.90 Å². The number of carbonyl (C=O) groups is 1. The number of hydrogen-bond donors (Lipinski definition) is 1. The zero-order valence-electron chi connectivity index (χ0n) is 10.6. The molecule has 0 saturated heterocycles. The minimum absolute atomic E-state index is 0.0153. The molecule has 0 atom stereocenters. The van der Waals surface area contributed by atoms with Crippen LogP contribution in [0.15, 0.2) is 27.5 Å². The molecule has 1 aromatic rings. The van der Waals surface area contributed by atoms with Crippen LogP contribution in [0.5, 0.6) is 0 Å². The summed E-state index contributed by atoms with van der Waals surface area (Å²) in [6.07, 6.45) is 1.12. The van der Waals surface area contributed by atoms with Crippen LogP contribution >= 0.6 is 0 Å². The Morgan fingerprint density at radius 3 is 2.74 bits per heavy atom. The average Bonchev–Trinajstić information content (AvgIpc) is 2.33. The van der Waals surface area contributed by atoms with Gasteiger partial charge in [-0.2, -0.15) is 8.42 Å². The van der Waals surface area contributed by atoms with Crippen LogP contribution in [-0.4, -0.2) is 46.2 Å². The van der Waals surface area contributed by atoms with Crippen molar-refractivity contribution in [3.05, 3.63) is 18.2 Å². The average molecular weight is 282 g/mol. The number of nitrogens with two attached hydrogens (primary N) is 1. The zero-order valence-corrected chi connectivity index (χ0v) is 11.4. The number of hydrogen-bond acceptors (Lipinski definition) is 5. The second-order valence-corrected chi connectivity index (χ2v) is 5.91. The number of fused-ring (bicyclic) bond motifs is 1. The van der Waals surface area contributed by atoms with E-state index in [-0.39, 0.29) is 17.3 Å². The summed E-state index contributed by atoms with van der Waals surface area (Å²) >= 11 is 0. The maximum Gasteiger partial charge on any atom is 0.285 e. The molecule has 19 heavy (non-hydrogen) atoms. The molecular formula is C11H14N4O3S. The molecule has 1 heterocycles. The molecule has 1 amide bonds. The molecule has 0 aromatic heterocycles. The first-order valence-electron chi connectivity index (χ1n) is 5.48. The maximum absolute atomic E-state index is 11.8. The van der Waals surface area contributed by atoms with Crippen molar-refractivity contribution < 1.29 is 13.2 Å². The van der Waals surface area contributed by atoms with E-state index < -0.39 is 10.0 Å². The second-order valence-electron chi connectivity index (χ2n) is 4.31. The van der Waals surface area contributed by atoms with Gasteiger partial charge in [0.1, 0.15) is 17.8 Å². The fourth-order valence-corrected chi connectivity index (χ4v) is 2.78. The van der Waals surface area contributed by atoms with E-state index in [0.717, 1.165) is 6.34 Å². The lowest BCUT2D eigenvalue weighted by atomic mass is 10.2. The standard InChI is InChI=1S/C11H14N4O3S/c1-14(2)10(16)6-15-7-13-19(17,18)9-5-3-4-8(12)11(9)15/h3-5,7H,6,12H2,1-2H3. The predicted molar refractivity (Wildman–Crippen MR) is 72.6 cm³/mol. The number of rotatable bonds is 2. The number of carbonyl (C=O) groups excluding carboxylic acids is 1. The molecule has 1 aromatic carbocycles. The molecule has 0 unspecified atom stereocenters. The topological polar surface area (TPSA) is 96.1 Å². The first kappa shape index (κ1) is 13.3. The van der Waals surface area contributed by atoms with E-state index >= 15 is 0 Å². The van der Waals surface area contributed by atoms with Gasteiger partial charge in [0.15, 0.2) is 0 Å². The first-order valence-corrected chi connectivity index (χ1v) is 6.92. The summed E-state index contributed by atoms with van der Waals surface area (Å²) in [5, 5.41) is 0. The van der Waals surface area contributed by atoms with E-state index in [9.17, 15) is 13.2 Å². The van der Waals surface area contributed by atoms with Crippen molar-refractivity contribution in [3.8, 4) is 0 Å². The van der Waals surface area contributed by atoms with Crippen LogP contribution in [0, 0.1) is 0 Å². The van der Waals surface area contributed by atoms with Gasteiger partial charge >= 0.3 is 0 Å². The largest absolute Gasteiger partial charge is 0.397 e. The van der Waals surface area contributed by atoms with Crippen molar-refractivity contribution in [1.29, 1.82) is 0 Å². The van der Waals surface area contributed by atoms with Crippen LogP contribution in [0.2, 0.25) is 0 Å². The lowest BCUT2D eigenvalue weighted by molar-refractivity contribution is -0.127. The molecule has 0 bridgehead atoms. The molecule has 1 aliphatic rings. The summed E-state index contributed by atoms with van der Waals surface area (Å²) in [7, 11) is -0.490. The second kappa shape index (κ2) is 4.54. The fourth-order valence-electron chi connectivity index (χ4n) is 1.70. The first-order chi connectivity index (χ1) is 8.83. The van der Waals surface area contributed by atoms with Crippen molar-refractivity contribution in [1.82, 2.24) is 4.90 Å². The maximum atomic E-state index is 11.8. The summed E-state index contributed by atoms with van der Waals surface area (Å²) < 4.78 is 27.1. The third-order valence-corrected chi connectivity index (χ3v) is 3.98. The third-order valence-electron chi connectivity index (χ3n) is 2.73. The molecule has 0 radical (unpaired) electrons. The Bertz CT molecular complexity index is 652. The molecule has 2 rings (SSSR count). The molecule has 2 N–H and O–H groups in total. The minimum Gasteiger partial charge on any atom is -0.397 e. The van der Waals surface area contributed by atoms with E-state index in [0.29, 0.717) is 11.4 Å². The Morgan fingerprint density at radius 1 is 1.42 bits per heavy atom. The van der Waals surface area contributed by atoms with Gasteiger partial charge in [0.2, 0.25) is 5.91 Å². The van der Waals surface area contributed by atoms with E-state index in [1.807, 2.05) is 0 Å². The molecular weight excluding hydrogens is 268 g/mol. The summed E-state index contributed by atoms with van der Waals surface area (Å²) in [4.78, 5) is 14.6. The van der Waals surface area contributed by atoms with E-state index in [4.69, 9.17) is 5.73 Å². The highest BCUT2D eigenvalue weighted by Gasteiger charge is 2.28. The van der Waals surface area contributed by atoms with Crippen LogP contribution in [0.1, 0.15) is 0 Å². The number of likely N-dealkylation sites (N-methyl/N-ethyl adjacent to an activating group) is 1. The van der Waals surface area contributed by atoms with Crippen molar-refractivity contribution in [3.63, 3.8) is 0 Å². The van der Waals surface area contributed by atoms with Gasteiger partial charge in [-0.15, -0.1) is 4.40 Å². The highest BCUT2D eigenvalue weighted by molar-refractivity contribution is 7.90. The summed E-state index contributed by atoms with van der Waals surface area (Å²) in [5.74, 6) is -0.181. The number of anilines is 2. The Morgan fingerprint density at radius 2 is 2.11 bits per heavy atom. The highest BCUT2D eigenvalue weighted by atomic mass is 32.2. The summed E-state index contributed by atoms with van der Waals surface area (Å²) in [6.45, 7) is -0.0206. The number of nitrogen functional groups attached to an aromatic ring is 1. The van der Waals surface area contributed by atoms with Crippen LogP contribution < -0.4 is 10.6 Å². The molecule has 0 saturated carbocycles. The Kier molecular flexibility index (Phi) is 3.19. The molecule has 0 fully saturated rings. The number of benzene rings is 1. The van der Waals surface area contributed by atoms with Crippen molar-refractivity contribution in [2.75, 3.05) is 31.3 Å². The van der Waals surface area contributed by atoms with Gasteiger partial charge in [-0.3, -0.25) is 4.79 Å². The Labute approximate surface area is 111 Å². The number of nitrogens with zero attached hydrogens (tertiary/aromatic N) is 3. The van der Waals surface area contributed by atoms with Crippen LogP contribution in [0.4, 0.5) is 11.4 Å². The molecule has 8 heteroatoms. The SMILES string of the molecule is CN(C)C(=O)CN1C=NS(=O)(=O)c2cccc(N)c21. The zero-order chi connectivity index (χ0) is 14.2. The Balaban J connectivity index is 2.49.